The first kappa shape index (κ1) is 12.9. The number of nitrogens with zero attached hydrogens (tertiary/aromatic N) is 2. The van der Waals surface area contributed by atoms with Crippen LogP contribution in [0.2, 0.25) is 0 Å². The quantitative estimate of drug-likeness (QED) is 0.550. The number of hydrogen-bond donors (Lipinski definition) is 0. The molecule has 5 heteroatoms. The predicted octanol–water partition coefficient (Wildman–Crippen LogP) is 3.27. The minimum atomic E-state index is -0.575. The second-order valence-corrected chi connectivity index (χ2v) is 5.11. The van der Waals surface area contributed by atoms with Gasteiger partial charge in [0.15, 0.2) is 11.6 Å². The number of rotatable bonds is 3. The molecule has 3 aromatic rings. The van der Waals surface area contributed by atoms with Crippen LogP contribution in [-0.4, -0.2) is 22.8 Å². The maximum Gasteiger partial charge on any atom is 0.339 e. The van der Waals surface area contributed by atoms with Crippen molar-refractivity contribution < 1.29 is 13.9 Å². The lowest BCUT2D eigenvalue weighted by atomic mass is 10.2. The van der Waals surface area contributed by atoms with Crippen LogP contribution in [0.3, 0.4) is 0 Å². The Hall–Kier alpha value is -2.82. The highest BCUT2D eigenvalue weighted by molar-refractivity contribution is 6.06. The Balaban J connectivity index is 1.79. The van der Waals surface area contributed by atoms with Gasteiger partial charge in [-0.05, 0) is 25.1 Å². The van der Waals surface area contributed by atoms with Gasteiger partial charge in [0, 0.05) is 18.0 Å². The molecule has 1 atom stereocenters. The van der Waals surface area contributed by atoms with E-state index in [2.05, 4.69) is 22.5 Å². The number of carbonyl (C=O) groups excluding carboxylic acids is 1. The molecule has 0 N–H and O–H groups in total. The first-order valence-corrected chi connectivity index (χ1v) is 7.19. The maximum atomic E-state index is 11.4. The molecule has 0 spiro atoms. The number of aromatic nitrogens is 1. The average Bonchev–Trinajstić information content (AvgIpc) is 3.19. The zero-order chi connectivity index (χ0) is 15.1. The summed E-state index contributed by atoms with van der Waals surface area (Å²) in [6, 6.07) is 9.53. The average molecular weight is 294 g/mol. The van der Waals surface area contributed by atoms with E-state index in [0.29, 0.717) is 5.76 Å². The second kappa shape index (κ2) is 4.87. The molecular formula is C17H14N2O3. The van der Waals surface area contributed by atoms with Gasteiger partial charge in [0.2, 0.25) is 0 Å². The minimum Gasteiger partial charge on any atom is -0.453 e. The highest BCUT2D eigenvalue weighted by Crippen LogP contribution is 2.31. The number of esters is 1. The molecule has 0 fully saturated rings. The van der Waals surface area contributed by atoms with Gasteiger partial charge in [0.1, 0.15) is 5.76 Å². The van der Waals surface area contributed by atoms with E-state index < -0.39 is 6.04 Å². The molecule has 5 nitrogen and oxygen atoms in total. The number of aryl methyl sites for hydroxylation is 1. The number of ether oxygens (including phenoxy) is 1. The van der Waals surface area contributed by atoms with Gasteiger partial charge >= 0.3 is 5.97 Å². The van der Waals surface area contributed by atoms with Crippen LogP contribution in [0, 0.1) is 0 Å². The van der Waals surface area contributed by atoms with Gasteiger partial charge in [-0.25, -0.2) is 4.79 Å². The molecule has 1 aliphatic heterocycles. The SMILES string of the molecule is CCn1c2ccccc2c2oc(C=NC3C=COC3=O)cc21. The number of carbonyl (C=O) groups is 1. The molecule has 0 amide bonds. The van der Waals surface area contributed by atoms with Crippen molar-refractivity contribution in [2.45, 2.75) is 19.5 Å². The van der Waals surface area contributed by atoms with Crippen LogP contribution in [0.25, 0.3) is 22.0 Å². The van der Waals surface area contributed by atoms with Gasteiger partial charge in [0.05, 0.1) is 23.5 Å². The van der Waals surface area contributed by atoms with Crippen LogP contribution >= 0.6 is 0 Å². The van der Waals surface area contributed by atoms with Crippen molar-refractivity contribution in [1.82, 2.24) is 4.57 Å². The summed E-state index contributed by atoms with van der Waals surface area (Å²) in [7, 11) is 0. The molecule has 0 bridgehead atoms. The lowest BCUT2D eigenvalue weighted by Gasteiger charge is -2.00. The summed E-state index contributed by atoms with van der Waals surface area (Å²) in [5.74, 6) is 0.266. The first-order valence-electron chi connectivity index (χ1n) is 7.19. The zero-order valence-corrected chi connectivity index (χ0v) is 12.0. The summed E-state index contributed by atoms with van der Waals surface area (Å²) in [6.07, 6.45) is 4.56. The molecule has 0 aliphatic carbocycles. The van der Waals surface area contributed by atoms with Crippen molar-refractivity contribution in [2.75, 3.05) is 0 Å². The predicted molar refractivity (Wildman–Crippen MR) is 84.0 cm³/mol. The van der Waals surface area contributed by atoms with Gasteiger partial charge in [-0.15, -0.1) is 0 Å². The van der Waals surface area contributed by atoms with Crippen LogP contribution < -0.4 is 0 Å². The summed E-state index contributed by atoms with van der Waals surface area (Å²) < 4.78 is 12.8. The van der Waals surface area contributed by atoms with E-state index in [1.807, 2.05) is 24.3 Å². The van der Waals surface area contributed by atoms with E-state index in [9.17, 15) is 4.79 Å². The number of benzene rings is 1. The number of fused-ring (bicyclic) bond motifs is 3. The lowest BCUT2D eigenvalue weighted by molar-refractivity contribution is -0.136. The normalized spacial score (nSPS) is 18.0. The molecule has 1 aromatic carbocycles. The van der Waals surface area contributed by atoms with E-state index in [4.69, 9.17) is 9.15 Å². The first-order chi connectivity index (χ1) is 10.8. The fourth-order valence-corrected chi connectivity index (χ4v) is 2.82. The van der Waals surface area contributed by atoms with Crippen LogP contribution in [0.4, 0.5) is 0 Å². The topological polar surface area (TPSA) is 56.7 Å². The summed E-state index contributed by atoms with van der Waals surface area (Å²) in [5.41, 5.74) is 3.04. The minimum absolute atomic E-state index is 0.365. The van der Waals surface area contributed by atoms with Crippen LogP contribution in [0.5, 0.6) is 0 Å². The number of furan rings is 1. The van der Waals surface area contributed by atoms with E-state index in [-0.39, 0.29) is 5.97 Å². The Morgan fingerprint density at radius 3 is 2.95 bits per heavy atom. The van der Waals surface area contributed by atoms with Gasteiger partial charge in [-0.2, -0.15) is 0 Å². The molecule has 0 saturated heterocycles. The Kier molecular flexibility index (Phi) is 2.85. The lowest BCUT2D eigenvalue weighted by Crippen LogP contribution is -2.11. The fraction of sp³-hybridized carbons (Fsp3) is 0.176. The Labute approximate surface area is 126 Å². The molecular weight excluding hydrogens is 280 g/mol. The van der Waals surface area contributed by atoms with Gasteiger partial charge in [-0.3, -0.25) is 4.99 Å². The van der Waals surface area contributed by atoms with Crippen LogP contribution in [0.1, 0.15) is 12.7 Å². The Morgan fingerprint density at radius 2 is 2.18 bits per heavy atom. The van der Waals surface area contributed by atoms with E-state index in [1.165, 1.54) is 6.26 Å². The van der Waals surface area contributed by atoms with Gasteiger partial charge < -0.3 is 13.7 Å². The monoisotopic (exact) mass is 294 g/mol. The Bertz CT molecular complexity index is 930. The molecule has 1 aliphatic rings. The Morgan fingerprint density at radius 1 is 1.32 bits per heavy atom. The van der Waals surface area contributed by atoms with Crippen molar-refractivity contribution in [1.29, 1.82) is 0 Å². The largest absolute Gasteiger partial charge is 0.453 e. The third-order valence-corrected chi connectivity index (χ3v) is 3.83. The molecule has 0 radical (unpaired) electrons. The summed E-state index contributed by atoms with van der Waals surface area (Å²) in [5, 5.41) is 1.08. The third kappa shape index (κ3) is 1.86. The van der Waals surface area contributed by atoms with Gasteiger partial charge in [-0.1, -0.05) is 12.1 Å². The highest BCUT2D eigenvalue weighted by atomic mass is 16.5. The maximum absolute atomic E-state index is 11.4. The zero-order valence-electron chi connectivity index (χ0n) is 12.0. The summed E-state index contributed by atoms with van der Waals surface area (Å²) in [4.78, 5) is 15.6. The molecule has 0 saturated carbocycles. The van der Waals surface area contributed by atoms with E-state index in [0.717, 1.165) is 28.5 Å². The van der Waals surface area contributed by atoms with E-state index >= 15 is 0 Å². The molecule has 110 valence electrons. The van der Waals surface area contributed by atoms with Crippen LogP contribution in [-0.2, 0) is 16.1 Å². The number of aliphatic imine (C=N–C) groups is 1. The summed E-state index contributed by atoms with van der Waals surface area (Å²) >= 11 is 0. The number of cyclic esters (lactones) is 1. The third-order valence-electron chi connectivity index (χ3n) is 3.83. The van der Waals surface area contributed by atoms with Crippen molar-refractivity contribution in [3.05, 3.63) is 48.4 Å². The summed E-state index contributed by atoms with van der Waals surface area (Å²) in [6.45, 7) is 2.96. The van der Waals surface area contributed by atoms with Crippen molar-refractivity contribution in [2.24, 2.45) is 4.99 Å². The van der Waals surface area contributed by atoms with Crippen LogP contribution in [0.15, 0.2) is 52.1 Å². The molecule has 22 heavy (non-hydrogen) atoms. The molecule has 1 unspecified atom stereocenters. The van der Waals surface area contributed by atoms with Crippen molar-refractivity contribution >= 4 is 34.2 Å². The van der Waals surface area contributed by atoms with Crippen molar-refractivity contribution in [3.63, 3.8) is 0 Å². The van der Waals surface area contributed by atoms with Gasteiger partial charge in [0.25, 0.3) is 0 Å². The van der Waals surface area contributed by atoms with Crippen molar-refractivity contribution in [3.8, 4) is 0 Å². The number of hydrogen-bond acceptors (Lipinski definition) is 4. The second-order valence-electron chi connectivity index (χ2n) is 5.11. The van der Waals surface area contributed by atoms with E-state index in [1.54, 1.807) is 12.3 Å². The standard InChI is InChI=1S/C17H14N2O3/c1-2-19-14-6-4-3-5-12(14)16-15(19)9-11(22-16)10-18-13-7-8-21-17(13)20/h3-10,13H,2H2,1H3. The molecule has 2 aromatic heterocycles. The molecule has 3 heterocycles. The highest BCUT2D eigenvalue weighted by Gasteiger charge is 2.20. The number of para-hydroxylation sites is 1. The molecule has 4 rings (SSSR count). The fourth-order valence-electron chi connectivity index (χ4n) is 2.82. The smallest absolute Gasteiger partial charge is 0.339 e.